The second-order valence-corrected chi connectivity index (χ2v) is 12.2. The van der Waals surface area contributed by atoms with E-state index in [0.29, 0.717) is 0 Å². The molecule has 0 aromatic heterocycles. The molecule has 220 valence electrons. The zero-order valence-corrected chi connectivity index (χ0v) is 25.8. The van der Waals surface area contributed by atoms with E-state index in [1.54, 1.807) is 0 Å². The third-order valence-electron chi connectivity index (χ3n) is 9.38. The fourth-order valence-corrected chi connectivity index (χ4v) is 7.14. The Morgan fingerprint density at radius 1 is 0.255 bits per heavy atom. The van der Waals surface area contributed by atoms with E-state index in [-0.39, 0.29) is 0 Å². The van der Waals surface area contributed by atoms with E-state index in [4.69, 9.17) is 0 Å². The standard InChI is InChI=1S/C46H31N/c1-3-12-32(13-4-1)36-28-37(42-20-11-21-43-45(42)27-26-44-41-19-10-9-15-34(41)23-25-46(43)44)31-40(30-36)47(38-17-5-2-6-18-38)39-24-22-33-14-7-8-16-35(33)29-39/h1-31H. The summed E-state index contributed by atoms with van der Waals surface area (Å²) in [5.41, 5.74) is 8.16. The van der Waals surface area contributed by atoms with Crippen LogP contribution in [-0.4, -0.2) is 0 Å². The molecule has 9 aromatic rings. The Bertz CT molecular complexity index is 2570. The lowest BCUT2D eigenvalue weighted by atomic mass is 9.91. The lowest BCUT2D eigenvalue weighted by Gasteiger charge is -2.27. The first-order chi connectivity index (χ1) is 23.3. The van der Waals surface area contributed by atoms with Crippen LogP contribution < -0.4 is 4.90 Å². The van der Waals surface area contributed by atoms with Gasteiger partial charge in [0.2, 0.25) is 0 Å². The lowest BCUT2D eigenvalue weighted by molar-refractivity contribution is 1.29. The van der Waals surface area contributed by atoms with Gasteiger partial charge in [0, 0.05) is 17.1 Å². The van der Waals surface area contributed by atoms with Gasteiger partial charge < -0.3 is 4.90 Å². The van der Waals surface area contributed by atoms with Gasteiger partial charge in [-0.1, -0.05) is 146 Å². The number of rotatable bonds is 5. The highest BCUT2D eigenvalue weighted by Gasteiger charge is 2.17. The van der Waals surface area contributed by atoms with E-state index < -0.39 is 0 Å². The number of para-hydroxylation sites is 1. The monoisotopic (exact) mass is 597 g/mol. The smallest absolute Gasteiger partial charge is 0.0473 e. The minimum absolute atomic E-state index is 1.12. The largest absolute Gasteiger partial charge is 0.310 e. The maximum Gasteiger partial charge on any atom is 0.0473 e. The average Bonchev–Trinajstić information content (AvgIpc) is 3.15. The highest BCUT2D eigenvalue weighted by atomic mass is 15.1. The van der Waals surface area contributed by atoms with Crippen LogP contribution in [0.15, 0.2) is 188 Å². The molecule has 0 aliphatic heterocycles. The van der Waals surface area contributed by atoms with Gasteiger partial charge in [0.1, 0.15) is 0 Å². The number of anilines is 3. The third kappa shape index (κ3) is 4.81. The number of benzene rings is 9. The second-order valence-electron chi connectivity index (χ2n) is 12.2. The van der Waals surface area contributed by atoms with Gasteiger partial charge in [-0.2, -0.15) is 0 Å². The quantitative estimate of drug-likeness (QED) is 0.178. The number of nitrogens with zero attached hydrogens (tertiary/aromatic N) is 1. The van der Waals surface area contributed by atoms with Crippen LogP contribution >= 0.6 is 0 Å². The van der Waals surface area contributed by atoms with E-state index >= 15 is 0 Å². The van der Waals surface area contributed by atoms with Crippen molar-refractivity contribution in [3.05, 3.63) is 188 Å². The molecule has 0 spiro atoms. The molecule has 0 fully saturated rings. The van der Waals surface area contributed by atoms with Gasteiger partial charge >= 0.3 is 0 Å². The minimum atomic E-state index is 1.12. The fourth-order valence-electron chi connectivity index (χ4n) is 7.14. The molecule has 0 saturated carbocycles. The summed E-state index contributed by atoms with van der Waals surface area (Å²) >= 11 is 0. The van der Waals surface area contributed by atoms with Gasteiger partial charge in [0.15, 0.2) is 0 Å². The van der Waals surface area contributed by atoms with Crippen molar-refractivity contribution in [2.45, 2.75) is 0 Å². The Morgan fingerprint density at radius 3 is 1.70 bits per heavy atom. The fraction of sp³-hybridized carbons (Fsp3) is 0. The summed E-state index contributed by atoms with van der Waals surface area (Å²) in [6.07, 6.45) is 0. The predicted octanol–water partition coefficient (Wildman–Crippen LogP) is 13.1. The number of hydrogen-bond acceptors (Lipinski definition) is 1. The number of hydrogen-bond donors (Lipinski definition) is 0. The van der Waals surface area contributed by atoms with Gasteiger partial charge in [-0.25, -0.2) is 0 Å². The molecule has 0 unspecified atom stereocenters. The van der Waals surface area contributed by atoms with Gasteiger partial charge in [-0.3, -0.25) is 0 Å². The average molecular weight is 598 g/mol. The van der Waals surface area contributed by atoms with Crippen LogP contribution in [0.25, 0.3) is 65.3 Å². The van der Waals surface area contributed by atoms with E-state index in [1.807, 2.05) is 0 Å². The normalized spacial score (nSPS) is 11.4. The van der Waals surface area contributed by atoms with Crippen LogP contribution in [0.4, 0.5) is 17.1 Å². The molecule has 0 heterocycles. The molecule has 1 heteroatoms. The molecular weight excluding hydrogens is 567 g/mol. The molecule has 0 bridgehead atoms. The van der Waals surface area contributed by atoms with Crippen LogP contribution in [0, 0.1) is 0 Å². The summed E-state index contributed by atoms with van der Waals surface area (Å²) in [6.45, 7) is 0. The summed E-state index contributed by atoms with van der Waals surface area (Å²) in [5.74, 6) is 0. The van der Waals surface area contributed by atoms with Crippen LogP contribution in [0.1, 0.15) is 0 Å². The molecule has 1 nitrogen and oxygen atoms in total. The minimum Gasteiger partial charge on any atom is -0.310 e. The van der Waals surface area contributed by atoms with Crippen molar-refractivity contribution in [2.24, 2.45) is 0 Å². The van der Waals surface area contributed by atoms with Crippen LogP contribution in [0.2, 0.25) is 0 Å². The summed E-state index contributed by atoms with van der Waals surface area (Å²) in [6, 6.07) is 68.3. The molecule has 9 aromatic carbocycles. The molecule has 0 saturated heterocycles. The SMILES string of the molecule is c1ccc(-c2cc(-c3cccc4c3ccc3c5ccccc5ccc43)cc(N(c3ccccc3)c3ccc4ccccc4c3)c2)cc1. The second kappa shape index (κ2) is 11.3. The van der Waals surface area contributed by atoms with Crippen molar-refractivity contribution in [1.29, 1.82) is 0 Å². The van der Waals surface area contributed by atoms with E-state index in [9.17, 15) is 0 Å². The van der Waals surface area contributed by atoms with Gasteiger partial charge in [-0.15, -0.1) is 0 Å². The molecule has 0 N–H and O–H groups in total. The predicted molar refractivity (Wildman–Crippen MR) is 202 cm³/mol. The summed E-state index contributed by atoms with van der Waals surface area (Å²) < 4.78 is 0. The van der Waals surface area contributed by atoms with Crippen LogP contribution in [0.3, 0.4) is 0 Å². The van der Waals surface area contributed by atoms with E-state index in [2.05, 4.69) is 193 Å². The van der Waals surface area contributed by atoms with E-state index in [1.165, 1.54) is 65.3 Å². The topological polar surface area (TPSA) is 3.24 Å². The van der Waals surface area contributed by atoms with Gasteiger partial charge in [0.25, 0.3) is 0 Å². The Labute approximate surface area is 274 Å². The zero-order valence-electron chi connectivity index (χ0n) is 25.8. The first-order valence-corrected chi connectivity index (χ1v) is 16.2. The maximum atomic E-state index is 2.38. The molecule has 0 atom stereocenters. The van der Waals surface area contributed by atoms with Crippen LogP contribution in [0.5, 0.6) is 0 Å². The molecule has 0 aliphatic rings. The first kappa shape index (κ1) is 27.2. The highest BCUT2D eigenvalue weighted by molar-refractivity contribution is 6.19. The lowest BCUT2D eigenvalue weighted by Crippen LogP contribution is -2.10. The Morgan fingerprint density at radius 2 is 0.851 bits per heavy atom. The number of fused-ring (bicyclic) bond motifs is 6. The summed E-state index contributed by atoms with van der Waals surface area (Å²) in [4.78, 5) is 2.38. The Kier molecular flexibility index (Phi) is 6.54. The molecular formula is C46H31N. The van der Waals surface area contributed by atoms with Crippen molar-refractivity contribution in [1.82, 2.24) is 0 Å². The van der Waals surface area contributed by atoms with Crippen molar-refractivity contribution in [3.63, 3.8) is 0 Å². The Balaban J connectivity index is 1.30. The summed E-state index contributed by atoms with van der Waals surface area (Å²) in [7, 11) is 0. The van der Waals surface area contributed by atoms with Crippen molar-refractivity contribution in [3.8, 4) is 22.3 Å². The maximum absolute atomic E-state index is 2.38. The molecule has 0 aliphatic carbocycles. The van der Waals surface area contributed by atoms with Crippen molar-refractivity contribution >= 4 is 60.2 Å². The zero-order chi connectivity index (χ0) is 31.2. The van der Waals surface area contributed by atoms with Crippen LogP contribution in [-0.2, 0) is 0 Å². The van der Waals surface area contributed by atoms with Gasteiger partial charge in [-0.05, 0) is 108 Å². The van der Waals surface area contributed by atoms with Gasteiger partial charge in [0.05, 0.1) is 0 Å². The van der Waals surface area contributed by atoms with Crippen molar-refractivity contribution in [2.75, 3.05) is 4.90 Å². The molecule has 0 radical (unpaired) electrons. The molecule has 9 rings (SSSR count). The molecule has 0 amide bonds. The highest BCUT2D eigenvalue weighted by Crippen LogP contribution is 2.42. The third-order valence-corrected chi connectivity index (χ3v) is 9.38. The molecule has 47 heavy (non-hydrogen) atoms. The van der Waals surface area contributed by atoms with E-state index in [0.717, 1.165) is 17.1 Å². The summed E-state index contributed by atoms with van der Waals surface area (Å²) in [5, 5.41) is 10.1. The first-order valence-electron chi connectivity index (χ1n) is 16.2. The van der Waals surface area contributed by atoms with Crippen molar-refractivity contribution < 1.29 is 0 Å². The Hall–Kier alpha value is -6.18.